The maximum absolute atomic E-state index is 12.4. The van der Waals surface area contributed by atoms with E-state index in [1.807, 2.05) is 31.2 Å². The van der Waals surface area contributed by atoms with E-state index in [-0.39, 0.29) is 5.91 Å². The number of benzene rings is 1. The SMILES string of the molecule is CCc1cc(C(=O)N/N=C\c2ccco2)c2ccccc2n1. The molecular weight excluding hydrogens is 278 g/mol. The maximum Gasteiger partial charge on any atom is 0.272 e. The number of amides is 1. The van der Waals surface area contributed by atoms with Crippen LogP contribution in [0.25, 0.3) is 10.9 Å². The van der Waals surface area contributed by atoms with Gasteiger partial charge >= 0.3 is 0 Å². The fourth-order valence-electron chi connectivity index (χ4n) is 2.18. The topological polar surface area (TPSA) is 67.5 Å². The zero-order chi connectivity index (χ0) is 15.4. The lowest BCUT2D eigenvalue weighted by Gasteiger charge is -2.07. The summed E-state index contributed by atoms with van der Waals surface area (Å²) in [7, 11) is 0. The Morgan fingerprint density at radius 3 is 2.95 bits per heavy atom. The van der Waals surface area contributed by atoms with Crippen LogP contribution in [0.3, 0.4) is 0 Å². The molecule has 2 heterocycles. The molecule has 0 unspecified atom stereocenters. The fraction of sp³-hybridized carbons (Fsp3) is 0.118. The zero-order valence-electron chi connectivity index (χ0n) is 12.1. The Bertz CT molecular complexity index is 823. The third kappa shape index (κ3) is 2.88. The van der Waals surface area contributed by atoms with E-state index in [0.717, 1.165) is 23.0 Å². The van der Waals surface area contributed by atoms with E-state index in [9.17, 15) is 4.79 Å². The van der Waals surface area contributed by atoms with Gasteiger partial charge in [-0.1, -0.05) is 25.1 Å². The minimum absolute atomic E-state index is 0.267. The summed E-state index contributed by atoms with van der Waals surface area (Å²) >= 11 is 0. The Morgan fingerprint density at radius 2 is 2.18 bits per heavy atom. The lowest BCUT2D eigenvalue weighted by molar-refractivity contribution is 0.0956. The molecule has 1 aromatic carbocycles. The van der Waals surface area contributed by atoms with Gasteiger partial charge in [-0.25, -0.2) is 5.43 Å². The second-order valence-electron chi connectivity index (χ2n) is 4.75. The standard InChI is InChI=1S/C17H15N3O2/c1-2-12-10-15(14-7-3-4-8-16(14)19-12)17(21)20-18-11-13-6-5-9-22-13/h3-11H,2H2,1H3,(H,20,21)/b18-11-. The van der Waals surface area contributed by atoms with Crippen LogP contribution in [0.4, 0.5) is 0 Å². The number of hydrazone groups is 1. The highest BCUT2D eigenvalue weighted by Crippen LogP contribution is 2.18. The quantitative estimate of drug-likeness (QED) is 0.593. The van der Waals surface area contributed by atoms with Crippen LogP contribution in [0.1, 0.15) is 28.7 Å². The number of furan rings is 1. The summed E-state index contributed by atoms with van der Waals surface area (Å²) in [5.74, 6) is 0.310. The van der Waals surface area contributed by atoms with Crippen LogP contribution in [-0.4, -0.2) is 17.1 Å². The predicted octanol–water partition coefficient (Wildman–Crippen LogP) is 3.15. The Balaban J connectivity index is 1.89. The van der Waals surface area contributed by atoms with Crippen LogP contribution in [0, 0.1) is 0 Å². The second-order valence-corrected chi connectivity index (χ2v) is 4.75. The van der Waals surface area contributed by atoms with E-state index in [1.165, 1.54) is 6.21 Å². The first-order valence-electron chi connectivity index (χ1n) is 7.03. The molecule has 0 atom stereocenters. The summed E-state index contributed by atoms with van der Waals surface area (Å²) in [4.78, 5) is 16.9. The Hall–Kier alpha value is -2.95. The Labute approximate surface area is 127 Å². The molecule has 0 aliphatic carbocycles. The van der Waals surface area contributed by atoms with Crippen molar-refractivity contribution < 1.29 is 9.21 Å². The molecule has 5 heteroatoms. The molecule has 1 amide bonds. The molecule has 3 aromatic rings. The first-order chi connectivity index (χ1) is 10.8. The monoisotopic (exact) mass is 293 g/mol. The molecule has 2 aromatic heterocycles. The minimum atomic E-state index is -0.267. The molecule has 0 spiro atoms. The normalized spacial score (nSPS) is 11.1. The van der Waals surface area contributed by atoms with Gasteiger partial charge in [0.1, 0.15) is 5.76 Å². The van der Waals surface area contributed by atoms with Crippen molar-refractivity contribution in [2.75, 3.05) is 0 Å². The molecule has 0 saturated heterocycles. The second kappa shape index (κ2) is 6.22. The number of para-hydroxylation sites is 1. The summed E-state index contributed by atoms with van der Waals surface area (Å²) in [5, 5.41) is 4.72. The molecule has 0 aliphatic rings. The molecule has 3 rings (SSSR count). The smallest absolute Gasteiger partial charge is 0.272 e. The molecule has 0 radical (unpaired) electrons. The van der Waals surface area contributed by atoms with Gasteiger partial charge in [0.2, 0.25) is 0 Å². The molecule has 110 valence electrons. The number of rotatable bonds is 4. The van der Waals surface area contributed by atoms with Crippen LogP contribution < -0.4 is 5.43 Å². The van der Waals surface area contributed by atoms with Crippen molar-refractivity contribution in [3.63, 3.8) is 0 Å². The first kappa shape index (κ1) is 14.0. The van der Waals surface area contributed by atoms with Crippen molar-refractivity contribution in [1.29, 1.82) is 0 Å². The molecule has 22 heavy (non-hydrogen) atoms. The van der Waals surface area contributed by atoms with E-state index in [4.69, 9.17) is 4.42 Å². The summed E-state index contributed by atoms with van der Waals surface area (Å²) in [5.41, 5.74) is 4.77. The highest BCUT2D eigenvalue weighted by Gasteiger charge is 2.11. The first-order valence-corrected chi connectivity index (χ1v) is 7.03. The van der Waals surface area contributed by atoms with E-state index in [2.05, 4.69) is 15.5 Å². The lowest BCUT2D eigenvalue weighted by Crippen LogP contribution is -2.18. The highest BCUT2D eigenvalue weighted by atomic mass is 16.3. The summed E-state index contributed by atoms with van der Waals surface area (Å²) in [6, 6.07) is 12.9. The average molecular weight is 293 g/mol. The van der Waals surface area contributed by atoms with Crippen LogP contribution in [0.5, 0.6) is 0 Å². The number of aryl methyl sites for hydroxylation is 1. The third-order valence-electron chi connectivity index (χ3n) is 3.28. The van der Waals surface area contributed by atoms with E-state index in [1.54, 1.807) is 24.5 Å². The third-order valence-corrected chi connectivity index (χ3v) is 3.28. The van der Waals surface area contributed by atoms with Crippen molar-refractivity contribution in [2.24, 2.45) is 5.10 Å². The molecular formula is C17H15N3O2. The van der Waals surface area contributed by atoms with Crippen LogP contribution >= 0.6 is 0 Å². The number of aromatic nitrogens is 1. The van der Waals surface area contributed by atoms with Gasteiger partial charge in [-0.3, -0.25) is 9.78 Å². The highest BCUT2D eigenvalue weighted by molar-refractivity contribution is 6.06. The fourth-order valence-corrected chi connectivity index (χ4v) is 2.18. The van der Waals surface area contributed by atoms with Gasteiger partial charge in [-0.05, 0) is 30.7 Å². The van der Waals surface area contributed by atoms with Gasteiger partial charge in [-0.15, -0.1) is 0 Å². The van der Waals surface area contributed by atoms with E-state index in [0.29, 0.717) is 11.3 Å². The number of carbonyl (C=O) groups excluding carboxylic acids is 1. The van der Waals surface area contributed by atoms with Gasteiger partial charge in [0.25, 0.3) is 5.91 Å². The largest absolute Gasteiger partial charge is 0.463 e. The van der Waals surface area contributed by atoms with Gasteiger partial charge in [0.15, 0.2) is 0 Å². The number of nitrogens with one attached hydrogen (secondary N) is 1. The van der Waals surface area contributed by atoms with Crippen molar-refractivity contribution in [3.8, 4) is 0 Å². The van der Waals surface area contributed by atoms with Crippen molar-refractivity contribution in [2.45, 2.75) is 13.3 Å². The number of pyridine rings is 1. The van der Waals surface area contributed by atoms with Gasteiger partial charge in [0.05, 0.1) is 23.6 Å². The molecule has 1 N–H and O–H groups in total. The van der Waals surface area contributed by atoms with Gasteiger partial charge < -0.3 is 4.42 Å². The van der Waals surface area contributed by atoms with Gasteiger partial charge in [-0.2, -0.15) is 5.10 Å². The number of nitrogens with zero attached hydrogens (tertiary/aromatic N) is 2. The maximum atomic E-state index is 12.4. The van der Waals surface area contributed by atoms with E-state index >= 15 is 0 Å². The van der Waals surface area contributed by atoms with Crippen molar-refractivity contribution >= 4 is 23.0 Å². The van der Waals surface area contributed by atoms with Crippen molar-refractivity contribution in [1.82, 2.24) is 10.4 Å². The number of hydrogen-bond donors (Lipinski definition) is 1. The minimum Gasteiger partial charge on any atom is -0.463 e. The number of fused-ring (bicyclic) bond motifs is 1. The van der Waals surface area contributed by atoms with Crippen LogP contribution in [-0.2, 0) is 6.42 Å². The summed E-state index contributed by atoms with van der Waals surface area (Å²) in [6.07, 6.45) is 3.77. The number of carbonyl (C=O) groups is 1. The zero-order valence-corrected chi connectivity index (χ0v) is 12.1. The average Bonchev–Trinajstić information content (AvgIpc) is 3.07. The van der Waals surface area contributed by atoms with Gasteiger partial charge in [0, 0.05) is 11.1 Å². The Kier molecular flexibility index (Phi) is 3.96. The molecule has 5 nitrogen and oxygen atoms in total. The summed E-state index contributed by atoms with van der Waals surface area (Å²) in [6.45, 7) is 2.01. The molecule has 0 aliphatic heterocycles. The van der Waals surface area contributed by atoms with Crippen LogP contribution in [0.15, 0.2) is 58.2 Å². The lowest BCUT2D eigenvalue weighted by atomic mass is 10.1. The molecule has 0 fully saturated rings. The molecule has 0 bridgehead atoms. The molecule has 0 saturated carbocycles. The van der Waals surface area contributed by atoms with Crippen molar-refractivity contribution in [3.05, 3.63) is 65.7 Å². The van der Waals surface area contributed by atoms with E-state index < -0.39 is 0 Å². The predicted molar refractivity (Wildman–Crippen MR) is 84.9 cm³/mol. The number of hydrogen-bond acceptors (Lipinski definition) is 4. The van der Waals surface area contributed by atoms with Crippen LogP contribution in [0.2, 0.25) is 0 Å². The summed E-state index contributed by atoms with van der Waals surface area (Å²) < 4.78 is 5.12. The Morgan fingerprint density at radius 1 is 1.32 bits per heavy atom.